The SMILES string of the molecule is O=C(c1cccs1)N(CCS(=O)(=O)N1CCNCC1)C1CCCCC1. The van der Waals surface area contributed by atoms with Gasteiger partial charge in [0.05, 0.1) is 10.6 Å². The number of rotatable bonds is 6. The van der Waals surface area contributed by atoms with Crippen LogP contribution in [0.25, 0.3) is 0 Å². The van der Waals surface area contributed by atoms with Gasteiger partial charge in [-0.05, 0) is 24.3 Å². The molecular weight excluding hydrogens is 358 g/mol. The summed E-state index contributed by atoms with van der Waals surface area (Å²) in [5, 5.41) is 5.06. The maximum absolute atomic E-state index is 12.9. The van der Waals surface area contributed by atoms with Gasteiger partial charge in [-0.15, -0.1) is 11.3 Å². The van der Waals surface area contributed by atoms with Crippen molar-refractivity contribution in [1.82, 2.24) is 14.5 Å². The second-order valence-electron chi connectivity index (χ2n) is 6.73. The number of sulfonamides is 1. The highest BCUT2D eigenvalue weighted by Crippen LogP contribution is 2.25. The molecule has 0 atom stereocenters. The molecule has 1 amide bonds. The van der Waals surface area contributed by atoms with Crippen LogP contribution in [0.15, 0.2) is 17.5 Å². The summed E-state index contributed by atoms with van der Waals surface area (Å²) in [6, 6.07) is 3.86. The lowest BCUT2D eigenvalue weighted by Gasteiger charge is -2.35. The van der Waals surface area contributed by atoms with Crippen LogP contribution in [0.2, 0.25) is 0 Å². The number of hydrogen-bond donors (Lipinski definition) is 1. The largest absolute Gasteiger partial charge is 0.334 e. The molecule has 1 aromatic rings. The van der Waals surface area contributed by atoms with E-state index in [2.05, 4.69) is 5.32 Å². The molecule has 1 saturated carbocycles. The minimum atomic E-state index is -3.32. The van der Waals surface area contributed by atoms with Crippen molar-refractivity contribution < 1.29 is 13.2 Å². The van der Waals surface area contributed by atoms with E-state index < -0.39 is 10.0 Å². The van der Waals surface area contributed by atoms with Crippen LogP contribution in [0.3, 0.4) is 0 Å². The standard InChI is InChI=1S/C17H27N3O3S2/c21-17(16-7-4-13-24-16)20(15-5-2-1-3-6-15)12-14-25(22,23)19-10-8-18-9-11-19/h4,7,13,15,18H,1-3,5-6,8-12,14H2. The molecule has 140 valence electrons. The molecule has 0 unspecified atom stereocenters. The quantitative estimate of drug-likeness (QED) is 0.810. The monoisotopic (exact) mass is 385 g/mol. The highest BCUT2D eigenvalue weighted by molar-refractivity contribution is 7.89. The van der Waals surface area contributed by atoms with Crippen LogP contribution in [0.1, 0.15) is 41.8 Å². The Morgan fingerprint density at radius 3 is 2.60 bits per heavy atom. The van der Waals surface area contributed by atoms with Gasteiger partial charge in [0.25, 0.3) is 5.91 Å². The van der Waals surface area contributed by atoms with Crippen molar-refractivity contribution in [1.29, 1.82) is 0 Å². The Labute approximate surface area is 154 Å². The normalized spacial score (nSPS) is 20.5. The fraction of sp³-hybridized carbons (Fsp3) is 0.706. The molecule has 1 aliphatic heterocycles. The molecular formula is C17H27N3O3S2. The van der Waals surface area contributed by atoms with Crippen molar-refractivity contribution in [3.8, 4) is 0 Å². The average Bonchev–Trinajstić information content (AvgIpc) is 3.18. The van der Waals surface area contributed by atoms with Gasteiger partial charge in [-0.1, -0.05) is 25.3 Å². The molecule has 6 nitrogen and oxygen atoms in total. The van der Waals surface area contributed by atoms with Crippen molar-refractivity contribution >= 4 is 27.3 Å². The number of hydrogen-bond acceptors (Lipinski definition) is 5. The van der Waals surface area contributed by atoms with Crippen molar-refractivity contribution in [3.05, 3.63) is 22.4 Å². The average molecular weight is 386 g/mol. The van der Waals surface area contributed by atoms with E-state index in [0.29, 0.717) is 31.1 Å². The topological polar surface area (TPSA) is 69.7 Å². The highest BCUT2D eigenvalue weighted by atomic mass is 32.2. The van der Waals surface area contributed by atoms with Crippen LogP contribution < -0.4 is 5.32 Å². The number of thiophene rings is 1. The molecule has 2 heterocycles. The maximum Gasteiger partial charge on any atom is 0.264 e. The lowest BCUT2D eigenvalue weighted by molar-refractivity contribution is 0.0654. The second kappa shape index (κ2) is 8.62. The molecule has 1 aliphatic carbocycles. The van der Waals surface area contributed by atoms with Crippen molar-refractivity contribution in [3.63, 3.8) is 0 Å². The van der Waals surface area contributed by atoms with Crippen LogP contribution in [0.4, 0.5) is 0 Å². The third kappa shape index (κ3) is 4.81. The molecule has 1 N–H and O–H groups in total. The molecule has 0 spiro atoms. The summed E-state index contributed by atoms with van der Waals surface area (Å²) in [7, 11) is -3.32. The molecule has 8 heteroatoms. The van der Waals surface area contributed by atoms with Crippen LogP contribution in [-0.4, -0.2) is 68.0 Å². The first kappa shape index (κ1) is 18.8. The number of piperazine rings is 1. The zero-order valence-corrected chi connectivity index (χ0v) is 16.2. The van der Waals surface area contributed by atoms with E-state index in [0.717, 1.165) is 25.7 Å². The fourth-order valence-corrected chi connectivity index (χ4v) is 5.75. The molecule has 0 bridgehead atoms. The lowest BCUT2D eigenvalue weighted by Crippen LogP contribution is -2.49. The third-order valence-electron chi connectivity index (χ3n) is 5.07. The summed E-state index contributed by atoms with van der Waals surface area (Å²) in [6.07, 6.45) is 5.39. The van der Waals surface area contributed by atoms with Gasteiger partial charge in [-0.3, -0.25) is 4.79 Å². The summed E-state index contributed by atoms with van der Waals surface area (Å²) in [5.41, 5.74) is 0. The van der Waals surface area contributed by atoms with Crippen molar-refractivity contribution in [2.24, 2.45) is 0 Å². The second-order valence-corrected chi connectivity index (χ2v) is 9.77. The van der Waals surface area contributed by atoms with Gasteiger partial charge in [-0.25, -0.2) is 8.42 Å². The smallest absolute Gasteiger partial charge is 0.264 e. The van der Waals surface area contributed by atoms with Gasteiger partial charge >= 0.3 is 0 Å². The van der Waals surface area contributed by atoms with Gasteiger partial charge < -0.3 is 10.2 Å². The van der Waals surface area contributed by atoms with Crippen LogP contribution in [-0.2, 0) is 10.0 Å². The van der Waals surface area contributed by atoms with E-state index in [1.807, 2.05) is 22.4 Å². The number of nitrogens with one attached hydrogen (secondary N) is 1. The predicted molar refractivity (Wildman–Crippen MR) is 100 cm³/mol. The summed E-state index contributed by atoms with van der Waals surface area (Å²) in [4.78, 5) is 15.4. The molecule has 3 rings (SSSR count). The first-order valence-electron chi connectivity index (χ1n) is 9.11. The van der Waals surface area contributed by atoms with Crippen LogP contribution in [0.5, 0.6) is 0 Å². The first-order valence-corrected chi connectivity index (χ1v) is 11.6. The predicted octanol–water partition coefficient (Wildman–Crippen LogP) is 1.76. The Morgan fingerprint density at radius 2 is 1.96 bits per heavy atom. The summed E-state index contributed by atoms with van der Waals surface area (Å²) >= 11 is 1.43. The zero-order chi connectivity index (χ0) is 17.7. The van der Waals surface area contributed by atoms with Gasteiger partial charge in [-0.2, -0.15) is 4.31 Å². The van der Waals surface area contributed by atoms with Crippen molar-refractivity contribution in [2.75, 3.05) is 38.5 Å². The Bertz CT molecular complexity index is 649. The Balaban J connectivity index is 1.69. The summed E-state index contributed by atoms with van der Waals surface area (Å²) in [6.45, 7) is 2.71. The molecule has 25 heavy (non-hydrogen) atoms. The van der Waals surface area contributed by atoms with Gasteiger partial charge in [0.2, 0.25) is 10.0 Å². The third-order valence-corrected chi connectivity index (χ3v) is 7.78. The summed E-state index contributed by atoms with van der Waals surface area (Å²) < 4.78 is 26.8. The van der Waals surface area contributed by atoms with E-state index in [4.69, 9.17) is 0 Å². The number of nitrogens with zero attached hydrogens (tertiary/aromatic N) is 2. The van der Waals surface area contributed by atoms with Gasteiger partial charge in [0.15, 0.2) is 0 Å². The molecule has 2 fully saturated rings. The minimum Gasteiger partial charge on any atom is -0.334 e. The Morgan fingerprint density at radius 1 is 1.24 bits per heavy atom. The maximum atomic E-state index is 12.9. The highest BCUT2D eigenvalue weighted by Gasteiger charge is 2.30. The first-order chi connectivity index (χ1) is 12.1. The van der Waals surface area contributed by atoms with Crippen LogP contribution in [0, 0.1) is 0 Å². The van der Waals surface area contributed by atoms with E-state index in [1.165, 1.54) is 17.8 Å². The number of carbonyl (C=O) groups is 1. The van der Waals surface area contributed by atoms with E-state index >= 15 is 0 Å². The molecule has 1 aromatic heterocycles. The zero-order valence-electron chi connectivity index (χ0n) is 14.5. The summed E-state index contributed by atoms with van der Waals surface area (Å²) in [5.74, 6) is -0.00179. The molecule has 0 radical (unpaired) electrons. The fourth-order valence-electron chi connectivity index (χ4n) is 3.65. The van der Waals surface area contributed by atoms with E-state index in [1.54, 1.807) is 4.31 Å². The van der Waals surface area contributed by atoms with Crippen molar-refractivity contribution in [2.45, 2.75) is 38.1 Å². The van der Waals surface area contributed by atoms with Crippen LogP contribution >= 0.6 is 11.3 Å². The molecule has 2 aliphatic rings. The molecule has 1 saturated heterocycles. The Kier molecular flexibility index (Phi) is 6.49. The van der Waals surface area contributed by atoms with E-state index in [-0.39, 0.29) is 24.2 Å². The lowest BCUT2D eigenvalue weighted by atomic mass is 9.94. The number of amides is 1. The minimum absolute atomic E-state index is 0.0145. The Hall–Kier alpha value is -0.960. The molecule has 0 aromatic carbocycles. The van der Waals surface area contributed by atoms with Gasteiger partial charge in [0, 0.05) is 38.8 Å². The number of carbonyl (C=O) groups excluding carboxylic acids is 1. The van der Waals surface area contributed by atoms with Gasteiger partial charge in [0.1, 0.15) is 0 Å². The van der Waals surface area contributed by atoms with E-state index in [9.17, 15) is 13.2 Å².